The third-order valence-corrected chi connectivity index (χ3v) is 4.88. The number of fused-ring (bicyclic) bond motifs is 1. The van der Waals surface area contributed by atoms with Crippen molar-refractivity contribution in [3.8, 4) is 11.1 Å². The topological polar surface area (TPSA) is 78.3 Å². The van der Waals surface area contributed by atoms with Crippen LogP contribution in [0.25, 0.3) is 21.9 Å². The van der Waals surface area contributed by atoms with Crippen molar-refractivity contribution in [1.82, 2.24) is 9.55 Å². The number of ketones is 1. The minimum Gasteiger partial charge on any atom is -0.453 e. The molecule has 0 aliphatic carbocycles. The van der Waals surface area contributed by atoms with Gasteiger partial charge in [0.2, 0.25) is 5.78 Å². The first-order valence-corrected chi connectivity index (χ1v) is 9.35. The van der Waals surface area contributed by atoms with E-state index in [-0.39, 0.29) is 17.0 Å². The fourth-order valence-electron chi connectivity index (χ4n) is 3.41. The van der Waals surface area contributed by atoms with Crippen molar-refractivity contribution in [2.24, 2.45) is 7.05 Å². The molecule has 0 N–H and O–H groups in total. The number of aromatic nitrogens is 2. The molecule has 0 radical (unpaired) electrons. The summed E-state index contributed by atoms with van der Waals surface area (Å²) in [5, 5.41) is 1.15. The van der Waals surface area contributed by atoms with Gasteiger partial charge in [0.05, 0.1) is 0 Å². The van der Waals surface area contributed by atoms with Gasteiger partial charge in [-0.1, -0.05) is 48.5 Å². The van der Waals surface area contributed by atoms with Gasteiger partial charge in [0.15, 0.2) is 6.61 Å². The van der Waals surface area contributed by atoms with E-state index in [0.29, 0.717) is 21.9 Å². The molecule has 0 aliphatic rings. The maximum absolute atomic E-state index is 13.0. The molecule has 2 aromatic carbocycles. The van der Waals surface area contributed by atoms with Crippen molar-refractivity contribution in [2.45, 2.75) is 0 Å². The summed E-state index contributed by atoms with van der Waals surface area (Å²) in [7, 11) is 1.53. The molecule has 6 nitrogen and oxygen atoms in total. The lowest BCUT2D eigenvalue weighted by atomic mass is 9.97. The Hall–Kier alpha value is -4.06. The summed E-state index contributed by atoms with van der Waals surface area (Å²) in [6, 6.07) is 19.7. The predicted octanol–water partition coefficient (Wildman–Crippen LogP) is 3.64. The Bertz CT molecular complexity index is 1300. The number of nitrogens with zero attached hydrogens (tertiary/aromatic N) is 2. The average Bonchev–Trinajstić information content (AvgIpc) is 2.80. The van der Waals surface area contributed by atoms with E-state index < -0.39 is 12.6 Å². The molecular weight excluding hydrogens is 380 g/mol. The van der Waals surface area contributed by atoms with E-state index in [9.17, 15) is 14.4 Å². The van der Waals surface area contributed by atoms with E-state index in [2.05, 4.69) is 4.98 Å². The summed E-state index contributed by atoms with van der Waals surface area (Å²) in [5.41, 5.74) is 1.50. The molecule has 4 rings (SSSR count). The zero-order valence-corrected chi connectivity index (χ0v) is 16.2. The molecule has 0 unspecified atom stereocenters. The van der Waals surface area contributed by atoms with Gasteiger partial charge in [-0.2, -0.15) is 0 Å². The number of benzene rings is 2. The number of carbonyl (C=O) groups excluding carboxylic acids is 2. The van der Waals surface area contributed by atoms with Crippen LogP contribution in [0.2, 0.25) is 0 Å². The maximum Gasteiger partial charge on any atom is 0.356 e. The summed E-state index contributed by atoms with van der Waals surface area (Å²) in [5.74, 6) is -1.11. The zero-order chi connectivity index (χ0) is 21.1. The van der Waals surface area contributed by atoms with Crippen LogP contribution in [0.15, 0.2) is 83.9 Å². The number of hydrogen-bond donors (Lipinski definition) is 0. The van der Waals surface area contributed by atoms with Gasteiger partial charge in [0.1, 0.15) is 5.69 Å². The van der Waals surface area contributed by atoms with Crippen LogP contribution in [0.5, 0.6) is 0 Å². The third-order valence-electron chi connectivity index (χ3n) is 4.88. The summed E-state index contributed by atoms with van der Waals surface area (Å²) in [6.45, 7) is -0.445. The third kappa shape index (κ3) is 3.51. The normalized spacial score (nSPS) is 10.7. The minimum absolute atomic E-state index is 0.101. The summed E-state index contributed by atoms with van der Waals surface area (Å²) < 4.78 is 6.59. The highest BCUT2D eigenvalue weighted by Crippen LogP contribution is 2.30. The Kier molecular flexibility index (Phi) is 5.22. The summed E-state index contributed by atoms with van der Waals surface area (Å²) in [4.78, 5) is 42.1. The highest BCUT2D eigenvalue weighted by molar-refractivity contribution is 6.07. The summed E-state index contributed by atoms with van der Waals surface area (Å²) in [6.07, 6.45) is 2.97. The monoisotopic (exact) mass is 398 g/mol. The Morgan fingerprint density at radius 2 is 1.63 bits per heavy atom. The number of ether oxygens (including phenoxy) is 1. The van der Waals surface area contributed by atoms with Crippen molar-refractivity contribution in [3.05, 3.63) is 101 Å². The van der Waals surface area contributed by atoms with Crippen LogP contribution in [0.4, 0.5) is 0 Å². The van der Waals surface area contributed by atoms with E-state index >= 15 is 0 Å². The zero-order valence-electron chi connectivity index (χ0n) is 16.2. The van der Waals surface area contributed by atoms with Crippen LogP contribution in [-0.4, -0.2) is 27.9 Å². The number of Topliss-reactive ketones (excluding diaryl/α,β-unsaturated/α-hetero) is 1. The van der Waals surface area contributed by atoms with Crippen molar-refractivity contribution >= 4 is 22.5 Å². The van der Waals surface area contributed by atoms with E-state index in [1.54, 1.807) is 36.5 Å². The molecule has 2 heterocycles. The largest absolute Gasteiger partial charge is 0.453 e. The molecule has 0 amide bonds. The Labute approximate surface area is 172 Å². The quantitative estimate of drug-likeness (QED) is 0.379. The Balaban J connectivity index is 1.80. The second-order valence-electron chi connectivity index (χ2n) is 6.74. The lowest BCUT2D eigenvalue weighted by Crippen LogP contribution is -2.27. The van der Waals surface area contributed by atoms with Gasteiger partial charge in [-0.05, 0) is 29.1 Å². The highest BCUT2D eigenvalue weighted by atomic mass is 16.5. The van der Waals surface area contributed by atoms with Crippen LogP contribution in [0.3, 0.4) is 0 Å². The van der Waals surface area contributed by atoms with Gasteiger partial charge >= 0.3 is 5.97 Å². The molecule has 0 aliphatic heterocycles. The maximum atomic E-state index is 13.0. The van der Waals surface area contributed by atoms with Crippen molar-refractivity contribution in [1.29, 1.82) is 0 Å². The van der Waals surface area contributed by atoms with E-state index in [4.69, 9.17) is 4.74 Å². The van der Waals surface area contributed by atoms with Gasteiger partial charge in [0, 0.05) is 36.0 Å². The molecular formula is C24H18N2O4. The first-order valence-electron chi connectivity index (χ1n) is 9.35. The summed E-state index contributed by atoms with van der Waals surface area (Å²) >= 11 is 0. The van der Waals surface area contributed by atoms with Gasteiger partial charge in [0.25, 0.3) is 5.56 Å². The lowest BCUT2D eigenvalue weighted by Gasteiger charge is -2.16. The molecule has 0 spiro atoms. The van der Waals surface area contributed by atoms with E-state index in [1.165, 1.54) is 17.8 Å². The SMILES string of the molecule is Cn1c(C(=O)OCC(=O)c2cccnc2)c(-c2ccccc2)c2ccccc2c1=O. The molecule has 4 aromatic rings. The number of carbonyl (C=O) groups is 2. The molecule has 0 fully saturated rings. The second-order valence-corrected chi connectivity index (χ2v) is 6.74. The molecule has 6 heteroatoms. The molecule has 0 atom stereocenters. The van der Waals surface area contributed by atoms with Crippen LogP contribution >= 0.6 is 0 Å². The second kappa shape index (κ2) is 8.13. The van der Waals surface area contributed by atoms with Crippen LogP contribution in [-0.2, 0) is 11.8 Å². The molecule has 0 bridgehead atoms. The predicted molar refractivity (Wildman–Crippen MR) is 113 cm³/mol. The minimum atomic E-state index is -0.739. The van der Waals surface area contributed by atoms with Crippen molar-refractivity contribution in [3.63, 3.8) is 0 Å². The fraction of sp³-hybridized carbons (Fsp3) is 0.0833. The van der Waals surface area contributed by atoms with Crippen LogP contribution in [0.1, 0.15) is 20.8 Å². The van der Waals surface area contributed by atoms with Crippen LogP contribution < -0.4 is 5.56 Å². The number of pyridine rings is 2. The standard InChI is InChI=1S/C24H18N2O4/c1-26-22(24(29)30-15-20(27)17-10-7-13-25-14-17)21(16-8-3-2-4-9-16)18-11-5-6-12-19(18)23(26)28/h2-14H,15H2,1H3. The van der Waals surface area contributed by atoms with E-state index in [1.807, 2.05) is 36.4 Å². The first kappa shape index (κ1) is 19.3. The van der Waals surface area contributed by atoms with Crippen LogP contribution in [0, 0.1) is 0 Å². The van der Waals surface area contributed by atoms with Crippen molar-refractivity contribution < 1.29 is 14.3 Å². The van der Waals surface area contributed by atoms with E-state index in [0.717, 1.165) is 5.56 Å². The fourth-order valence-corrected chi connectivity index (χ4v) is 3.41. The molecule has 30 heavy (non-hydrogen) atoms. The van der Waals surface area contributed by atoms with Crippen molar-refractivity contribution in [2.75, 3.05) is 6.61 Å². The average molecular weight is 398 g/mol. The molecule has 0 saturated carbocycles. The lowest BCUT2D eigenvalue weighted by molar-refractivity contribution is 0.0465. The number of rotatable bonds is 5. The number of hydrogen-bond acceptors (Lipinski definition) is 5. The molecule has 0 saturated heterocycles. The molecule has 148 valence electrons. The first-order chi connectivity index (χ1) is 14.6. The Morgan fingerprint density at radius 1 is 0.933 bits per heavy atom. The van der Waals surface area contributed by atoms with Gasteiger partial charge in [-0.25, -0.2) is 4.79 Å². The van der Waals surface area contributed by atoms with Gasteiger partial charge in [-0.3, -0.25) is 14.6 Å². The smallest absolute Gasteiger partial charge is 0.356 e. The number of esters is 1. The van der Waals surface area contributed by atoms with Gasteiger partial charge in [-0.15, -0.1) is 0 Å². The van der Waals surface area contributed by atoms with Gasteiger partial charge < -0.3 is 9.30 Å². The Morgan fingerprint density at radius 3 is 2.33 bits per heavy atom. The molecule has 2 aromatic heterocycles. The highest BCUT2D eigenvalue weighted by Gasteiger charge is 2.23.